The minimum absolute atomic E-state index is 0.659. The van der Waals surface area contributed by atoms with Gasteiger partial charge in [0.05, 0.1) is 5.88 Å². The van der Waals surface area contributed by atoms with Crippen molar-refractivity contribution in [2.45, 2.75) is 38.1 Å². The second-order valence-corrected chi connectivity index (χ2v) is 5.55. The molecule has 1 saturated heterocycles. The van der Waals surface area contributed by atoms with Crippen LogP contribution in [0.15, 0.2) is 35.9 Å². The van der Waals surface area contributed by atoms with Gasteiger partial charge >= 0.3 is 0 Å². The van der Waals surface area contributed by atoms with E-state index in [-0.39, 0.29) is 0 Å². The fourth-order valence-electron chi connectivity index (χ4n) is 2.30. The van der Waals surface area contributed by atoms with Crippen molar-refractivity contribution in [3.63, 3.8) is 0 Å². The largest absolute Gasteiger partial charge is 0.363 e. The van der Waals surface area contributed by atoms with Gasteiger partial charge in [0.2, 0.25) is 0 Å². The molecule has 1 unspecified atom stereocenters. The van der Waals surface area contributed by atoms with Crippen molar-refractivity contribution < 1.29 is 0 Å². The van der Waals surface area contributed by atoms with Crippen molar-refractivity contribution in [1.29, 1.82) is 0 Å². The summed E-state index contributed by atoms with van der Waals surface area (Å²) in [5.74, 6) is 0.807. The third kappa shape index (κ3) is 4.47. The van der Waals surface area contributed by atoms with Crippen molar-refractivity contribution in [1.82, 2.24) is 4.90 Å². The molecule has 1 aliphatic rings. The van der Waals surface area contributed by atoms with Crippen molar-refractivity contribution in [2.24, 2.45) is 0 Å². The van der Waals surface area contributed by atoms with Crippen LogP contribution in [0.5, 0.6) is 0 Å². The molecule has 1 nitrogen and oxygen atoms in total. The Bertz CT molecular complexity index is 297. The molecule has 0 spiro atoms. The summed E-state index contributed by atoms with van der Waals surface area (Å²) in [6.45, 7) is 7.84. The maximum atomic E-state index is 4.39. The minimum Gasteiger partial charge on any atom is -0.363 e. The monoisotopic (exact) mass is 269 g/mol. The molecule has 0 N–H and O–H groups in total. The Kier molecular flexibility index (Phi) is 6.90. The van der Waals surface area contributed by atoms with Gasteiger partial charge in [0, 0.05) is 11.7 Å². The smallest absolute Gasteiger partial charge is 0.0610 e. The maximum Gasteiger partial charge on any atom is 0.0610 e. The first kappa shape index (κ1) is 14.8. The molecule has 0 radical (unpaired) electrons. The van der Waals surface area contributed by atoms with Crippen LogP contribution in [0.25, 0.3) is 0 Å². The summed E-state index contributed by atoms with van der Waals surface area (Å²) in [5.41, 5.74) is 1.26. The minimum atomic E-state index is 0.659. The molecular weight excluding hydrogens is 246 g/mol. The summed E-state index contributed by atoms with van der Waals surface area (Å²) < 4.78 is 0. The summed E-state index contributed by atoms with van der Waals surface area (Å²) in [5, 5.41) is 0. The van der Waals surface area contributed by atoms with E-state index >= 15 is 0 Å². The van der Waals surface area contributed by atoms with Crippen molar-refractivity contribution in [2.75, 3.05) is 12.1 Å². The molecule has 0 aromatic carbocycles. The lowest BCUT2D eigenvalue weighted by molar-refractivity contribution is 0.319. The van der Waals surface area contributed by atoms with Crippen LogP contribution in [0.4, 0.5) is 0 Å². The van der Waals surface area contributed by atoms with E-state index in [0.29, 0.717) is 6.04 Å². The molecule has 1 heterocycles. The molecule has 17 heavy (non-hydrogen) atoms. The van der Waals surface area contributed by atoms with Crippen molar-refractivity contribution in [3.05, 3.63) is 35.9 Å². The lowest BCUT2D eigenvalue weighted by Gasteiger charge is -2.25. The van der Waals surface area contributed by atoms with E-state index in [1.807, 2.05) is 17.8 Å². The predicted molar refractivity (Wildman–Crippen MR) is 83.5 cm³/mol. The first-order valence-electron chi connectivity index (χ1n) is 6.13. The lowest BCUT2D eigenvalue weighted by Crippen LogP contribution is -2.26. The summed E-state index contributed by atoms with van der Waals surface area (Å²) in [7, 11) is 0. The molecular formula is C14H23NS2. The topological polar surface area (TPSA) is 3.24 Å². The summed E-state index contributed by atoms with van der Waals surface area (Å²) in [4.78, 5) is 3.77. The Morgan fingerprint density at radius 2 is 2.41 bits per heavy atom. The fourth-order valence-corrected chi connectivity index (χ4v) is 3.32. The summed E-state index contributed by atoms with van der Waals surface area (Å²) >= 11 is 6.21. The number of likely N-dealkylation sites (tertiary alicyclic amines) is 1. The highest BCUT2D eigenvalue weighted by molar-refractivity contribution is 8.02. The van der Waals surface area contributed by atoms with Crippen LogP contribution in [-0.2, 0) is 0 Å². The van der Waals surface area contributed by atoms with Crippen molar-refractivity contribution >= 4 is 24.4 Å². The number of hydrogen-bond acceptors (Lipinski definition) is 3. The van der Waals surface area contributed by atoms with E-state index in [1.165, 1.54) is 29.9 Å². The van der Waals surface area contributed by atoms with Crippen LogP contribution in [0.2, 0.25) is 0 Å². The maximum absolute atomic E-state index is 4.39. The first-order valence-corrected chi connectivity index (χ1v) is 7.99. The highest BCUT2D eigenvalue weighted by atomic mass is 32.2. The molecule has 3 heteroatoms. The normalized spacial score (nSPS) is 21.1. The molecule has 1 atom stereocenters. The van der Waals surface area contributed by atoms with Crippen molar-refractivity contribution in [3.8, 4) is 0 Å². The Morgan fingerprint density at radius 1 is 1.65 bits per heavy atom. The second-order valence-electron chi connectivity index (χ2n) is 4.33. The second kappa shape index (κ2) is 7.93. The van der Waals surface area contributed by atoms with Gasteiger partial charge in [-0.05, 0) is 43.3 Å². The SMILES string of the molecule is C=C/C=C(/CCCC1CCC(=C)N1CS)SC. The van der Waals surface area contributed by atoms with E-state index in [4.69, 9.17) is 0 Å². The van der Waals surface area contributed by atoms with Crippen LogP contribution >= 0.6 is 24.4 Å². The average molecular weight is 269 g/mol. The Labute approximate surface area is 115 Å². The van der Waals surface area contributed by atoms with Gasteiger partial charge in [-0.2, -0.15) is 12.6 Å². The Hall–Kier alpha value is -0.280. The van der Waals surface area contributed by atoms with E-state index in [2.05, 4.69) is 43.0 Å². The molecule has 0 amide bonds. The van der Waals surface area contributed by atoms with Gasteiger partial charge in [-0.25, -0.2) is 0 Å². The standard InChI is InChI=1S/C14H23NS2/c1-4-6-14(17-3)8-5-7-13-10-9-12(2)15(13)11-16/h4,6,13,16H,1-2,5,7-11H2,3H3/b14-6-. The molecule has 0 bridgehead atoms. The third-order valence-corrected chi connectivity index (χ3v) is 4.46. The lowest BCUT2D eigenvalue weighted by atomic mass is 10.1. The Balaban J connectivity index is 2.33. The van der Waals surface area contributed by atoms with Crippen LogP contribution < -0.4 is 0 Å². The zero-order valence-corrected chi connectivity index (χ0v) is 12.4. The molecule has 96 valence electrons. The number of thiol groups is 1. The molecule has 0 aromatic heterocycles. The van der Waals surface area contributed by atoms with Crippen LogP contribution in [0, 0.1) is 0 Å². The quantitative estimate of drug-likeness (QED) is 0.537. The van der Waals surface area contributed by atoms with Gasteiger partial charge < -0.3 is 4.90 Å². The highest BCUT2D eigenvalue weighted by Crippen LogP contribution is 2.30. The molecule has 0 saturated carbocycles. The third-order valence-electron chi connectivity index (χ3n) is 3.29. The van der Waals surface area contributed by atoms with Crippen LogP contribution in [0.1, 0.15) is 32.1 Å². The highest BCUT2D eigenvalue weighted by Gasteiger charge is 2.24. The summed E-state index contributed by atoms with van der Waals surface area (Å²) in [6, 6.07) is 0.659. The molecule has 1 fully saturated rings. The van der Waals surface area contributed by atoms with Gasteiger partial charge in [0.25, 0.3) is 0 Å². The molecule has 1 rings (SSSR count). The summed E-state index contributed by atoms with van der Waals surface area (Å²) in [6.07, 6.45) is 12.2. The van der Waals surface area contributed by atoms with Gasteiger partial charge in [-0.3, -0.25) is 0 Å². The first-order chi connectivity index (χ1) is 8.22. The van der Waals surface area contributed by atoms with E-state index < -0.39 is 0 Å². The number of thioether (sulfide) groups is 1. The number of hydrogen-bond donors (Lipinski definition) is 1. The fraction of sp³-hybridized carbons (Fsp3) is 0.571. The van der Waals surface area contributed by atoms with Gasteiger partial charge in [-0.1, -0.05) is 25.3 Å². The number of nitrogens with zero attached hydrogens (tertiary/aromatic N) is 1. The van der Waals surface area contributed by atoms with Gasteiger partial charge in [0.1, 0.15) is 0 Å². The van der Waals surface area contributed by atoms with E-state index in [1.54, 1.807) is 0 Å². The van der Waals surface area contributed by atoms with E-state index in [9.17, 15) is 0 Å². The zero-order valence-electron chi connectivity index (χ0n) is 10.7. The van der Waals surface area contributed by atoms with Gasteiger partial charge in [0.15, 0.2) is 0 Å². The van der Waals surface area contributed by atoms with E-state index in [0.717, 1.165) is 18.7 Å². The molecule has 1 aliphatic heterocycles. The predicted octanol–water partition coefficient (Wildman–Crippen LogP) is 4.46. The average Bonchev–Trinajstić information content (AvgIpc) is 2.68. The Morgan fingerprint density at radius 3 is 3.00 bits per heavy atom. The number of rotatable bonds is 7. The van der Waals surface area contributed by atoms with Crippen LogP contribution in [0.3, 0.4) is 0 Å². The van der Waals surface area contributed by atoms with Gasteiger partial charge in [-0.15, -0.1) is 11.8 Å². The molecule has 0 aromatic rings. The van der Waals surface area contributed by atoms with Crippen LogP contribution in [-0.4, -0.2) is 23.1 Å². The molecule has 0 aliphatic carbocycles. The number of allylic oxidation sites excluding steroid dienone is 4. The zero-order chi connectivity index (χ0) is 12.7.